The van der Waals surface area contributed by atoms with Crippen molar-refractivity contribution in [1.82, 2.24) is 10.3 Å². The number of amides is 1. The van der Waals surface area contributed by atoms with Gasteiger partial charge in [0, 0.05) is 30.8 Å². The summed E-state index contributed by atoms with van der Waals surface area (Å²) in [5.74, 6) is -0.179. The number of nitrogens with one attached hydrogen (secondary N) is 2. The normalized spacial score (nSPS) is 11.9. The van der Waals surface area contributed by atoms with E-state index in [1.165, 1.54) is 18.1 Å². The van der Waals surface area contributed by atoms with E-state index in [0.29, 0.717) is 6.54 Å². The van der Waals surface area contributed by atoms with Crippen molar-refractivity contribution in [1.29, 1.82) is 0 Å². The van der Waals surface area contributed by atoms with Gasteiger partial charge < -0.3 is 20.8 Å². The topological polar surface area (TPSA) is 80.1 Å². The summed E-state index contributed by atoms with van der Waals surface area (Å²) in [6, 6.07) is 7.50. The fourth-order valence-electron chi connectivity index (χ4n) is 2.05. The molecule has 20 heavy (non-hydrogen) atoms. The van der Waals surface area contributed by atoms with Gasteiger partial charge in [-0.05, 0) is 18.1 Å². The summed E-state index contributed by atoms with van der Waals surface area (Å²) in [6.07, 6.45) is 2.75. The van der Waals surface area contributed by atoms with E-state index in [9.17, 15) is 4.79 Å². The highest BCUT2D eigenvalue weighted by Crippen LogP contribution is 2.17. The number of halogens is 1. The maximum atomic E-state index is 11.6. The SMILES string of the molecule is COCC(N)C(=O)NCCc1c[nH]c2ccccc12.Cl. The van der Waals surface area contributed by atoms with Crippen molar-refractivity contribution < 1.29 is 9.53 Å². The van der Waals surface area contributed by atoms with Crippen molar-refractivity contribution in [2.75, 3.05) is 20.3 Å². The molecule has 1 unspecified atom stereocenters. The van der Waals surface area contributed by atoms with Gasteiger partial charge in [-0.15, -0.1) is 12.4 Å². The minimum atomic E-state index is -0.604. The molecule has 4 N–H and O–H groups in total. The van der Waals surface area contributed by atoms with E-state index in [2.05, 4.69) is 16.4 Å². The molecule has 1 atom stereocenters. The third-order valence-corrected chi connectivity index (χ3v) is 3.05. The highest BCUT2D eigenvalue weighted by molar-refractivity contribution is 5.85. The average Bonchev–Trinajstić information content (AvgIpc) is 2.82. The lowest BCUT2D eigenvalue weighted by atomic mass is 10.1. The monoisotopic (exact) mass is 297 g/mol. The van der Waals surface area contributed by atoms with E-state index < -0.39 is 6.04 Å². The first kappa shape index (κ1) is 16.5. The molecule has 1 aromatic carbocycles. The van der Waals surface area contributed by atoms with Crippen LogP contribution in [0.25, 0.3) is 10.9 Å². The first-order valence-electron chi connectivity index (χ1n) is 6.29. The Morgan fingerprint density at radius 3 is 2.95 bits per heavy atom. The van der Waals surface area contributed by atoms with Crippen LogP contribution in [0.15, 0.2) is 30.5 Å². The van der Waals surface area contributed by atoms with Crippen molar-refractivity contribution >= 4 is 29.2 Å². The van der Waals surface area contributed by atoms with Crippen LogP contribution < -0.4 is 11.1 Å². The summed E-state index contributed by atoms with van der Waals surface area (Å²) in [5, 5.41) is 4.00. The van der Waals surface area contributed by atoms with Gasteiger partial charge in [-0.3, -0.25) is 4.79 Å². The Hall–Kier alpha value is -1.56. The fraction of sp³-hybridized carbons (Fsp3) is 0.357. The van der Waals surface area contributed by atoms with E-state index in [4.69, 9.17) is 10.5 Å². The molecule has 0 aliphatic carbocycles. The largest absolute Gasteiger partial charge is 0.383 e. The van der Waals surface area contributed by atoms with Gasteiger partial charge in [-0.1, -0.05) is 18.2 Å². The quantitative estimate of drug-likeness (QED) is 0.750. The summed E-state index contributed by atoms with van der Waals surface area (Å²) < 4.78 is 4.84. The molecule has 5 nitrogen and oxygen atoms in total. The lowest BCUT2D eigenvalue weighted by Crippen LogP contribution is -2.44. The number of H-pyrrole nitrogens is 1. The molecule has 6 heteroatoms. The summed E-state index contributed by atoms with van der Waals surface area (Å²) in [4.78, 5) is 14.8. The smallest absolute Gasteiger partial charge is 0.239 e. The first-order valence-corrected chi connectivity index (χ1v) is 6.29. The van der Waals surface area contributed by atoms with Crippen molar-refractivity contribution in [3.63, 3.8) is 0 Å². The standard InChI is InChI=1S/C14H19N3O2.ClH/c1-19-9-12(15)14(18)16-7-6-10-8-17-13-5-3-2-4-11(10)13;/h2-5,8,12,17H,6-7,9,15H2,1H3,(H,16,18);1H. The number of aromatic nitrogens is 1. The molecule has 2 rings (SSSR count). The van der Waals surface area contributed by atoms with Gasteiger partial charge in [0.05, 0.1) is 6.61 Å². The van der Waals surface area contributed by atoms with Gasteiger partial charge in [0.25, 0.3) is 0 Å². The maximum Gasteiger partial charge on any atom is 0.239 e. The molecule has 1 amide bonds. The second-order valence-corrected chi connectivity index (χ2v) is 4.46. The zero-order chi connectivity index (χ0) is 13.7. The number of para-hydroxylation sites is 1. The first-order chi connectivity index (χ1) is 9.22. The molecular weight excluding hydrogens is 278 g/mol. The van der Waals surface area contributed by atoms with E-state index in [1.807, 2.05) is 24.4 Å². The summed E-state index contributed by atoms with van der Waals surface area (Å²) in [7, 11) is 1.53. The number of rotatable bonds is 6. The Bertz CT molecular complexity index is 556. The number of benzene rings is 1. The zero-order valence-electron chi connectivity index (χ0n) is 11.4. The van der Waals surface area contributed by atoms with Crippen LogP contribution >= 0.6 is 12.4 Å². The van der Waals surface area contributed by atoms with E-state index >= 15 is 0 Å². The zero-order valence-corrected chi connectivity index (χ0v) is 12.2. The molecule has 0 aliphatic rings. The third-order valence-electron chi connectivity index (χ3n) is 3.05. The molecule has 2 aromatic rings. The highest BCUT2D eigenvalue weighted by Gasteiger charge is 2.12. The lowest BCUT2D eigenvalue weighted by molar-refractivity contribution is -0.123. The Morgan fingerprint density at radius 1 is 1.45 bits per heavy atom. The Labute approximate surface area is 124 Å². The third kappa shape index (κ3) is 3.96. The van der Waals surface area contributed by atoms with E-state index in [-0.39, 0.29) is 24.9 Å². The molecule has 0 fully saturated rings. The van der Waals surface area contributed by atoms with Gasteiger partial charge in [-0.25, -0.2) is 0 Å². The van der Waals surface area contributed by atoms with Crippen LogP contribution in [0.3, 0.4) is 0 Å². The lowest BCUT2D eigenvalue weighted by Gasteiger charge is -2.10. The van der Waals surface area contributed by atoms with Crippen LogP contribution in [0.5, 0.6) is 0 Å². The molecule has 1 heterocycles. The van der Waals surface area contributed by atoms with Gasteiger partial charge in [0.15, 0.2) is 0 Å². The van der Waals surface area contributed by atoms with Crippen molar-refractivity contribution in [2.24, 2.45) is 5.73 Å². The number of hydrogen-bond acceptors (Lipinski definition) is 3. The van der Waals surface area contributed by atoms with Crippen LogP contribution in [0.2, 0.25) is 0 Å². The predicted octanol–water partition coefficient (Wildman–Crippen LogP) is 1.22. The number of fused-ring (bicyclic) bond motifs is 1. The van der Waals surface area contributed by atoms with Crippen LogP contribution in [0.1, 0.15) is 5.56 Å². The van der Waals surface area contributed by atoms with E-state index in [0.717, 1.165) is 11.9 Å². The molecular formula is C14H20ClN3O2. The number of carbonyl (C=O) groups is 1. The van der Waals surface area contributed by atoms with Crippen LogP contribution in [-0.2, 0) is 16.0 Å². The highest BCUT2D eigenvalue weighted by atomic mass is 35.5. The molecule has 0 saturated carbocycles. The minimum Gasteiger partial charge on any atom is -0.383 e. The van der Waals surface area contributed by atoms with Crippen molar-refractivity contribution in [3.8, 4) is 0 Å². The number of ether oxygens (including phenoxy) is 1. The van der Waals surface area contributed by atoms with Crippen molar-refractivity contribution in [2.45, 2.75) is 12.5 Å². The maximum absolute atomic E-state index is 11.6. The van der Waals surface area contributed by atoms with Crippen LogP contribution in [0.4, 0.5) is 0 Å². The van der Waals surface area contributed by atoms with Gasteiger partial charge in [-0.2, -0.15) is 0 Å². The molecule has 0 aliphatic heterocycles. The number of hydrogen-bond donors (Lipinski definition) is 3. The number of nitrogens with two attached hydrogens (primary N) is 1. The predicted molar refractivity (Wildman–Crippen MR) is 82.1 cm³/mol. The van der Waals surface area contributed by atoms with E-state index in [1.54, 1.807) is 0 Å². The number of aromatic amines is 1. The average molecular weight is 298 g/mol. The number of methoxy groups -OCH3 is 1. The summed E-state index contributed by atoms with van der Waals surface area (Å²) >= 11 is 0. The second kappa shape index (κ2) is 7.89. The summed E-state index contributed by atoms with van der Waals surface area (Å²) in [5.41, 5.74) is 7.94. The van der Waals surface area contributed by atoms with Crippen molar-refractivity contribution in [3.05, 3.63) is 36.0 Å². The summed E-state index contributed by atoms with van der Waals surface area (Å²) in [6.45, 7) is 0.803. The molecule has 110 valence electrons. The minimum absolute atomic E-state index is 0. The second-order valence-electron chi connectivity index (χ2n) is 4.46. The number of carbonyl (C=O) groups excluding carboxylic acids is 1. The fourth-order valence-corrected chi connectivity index (χ4v) is 2.05. The molecule has 0 spiro atoms. The molecule has 1 aromatic heterocycles. The molecule has 0 bridgehead atoms. The Morgan fingerprint density at radius 2 is 2.20 bits per heavy atom. The Kier molecular flexibility index (Phi) is 6.51. The Balaban J connectivity index is 0.00000200. The molecule has 0 radical (unpaired) electrons. The van der Waals surface area contributed by atoms with Crippen LogP contribution in [-0.4, -0.2) is 37.2 Å². The van der Waals surface area contributed by atoms with Gasteiger partial charge in [0.2, 0.25) is 5.91 Å². The van der Waals surface area contributed by atoms with Gasteiger partial charge >= 0.3 is 0 Å². The molecule has 0 saturated heterocycles. The van der Waals surface area contributed by atoms with Crippen LogP contribution in [0, 0.1) is 0 Å². The van der Waals surface area contributed by atoms with Gasteiger partial charge in [0.1, 0.15) is 6.04 Å².